The highest BCUT2D eigenvalue weighted by molar-refractivity contribution is 7.85. The number of fused-ring (bicyclic) bond motifs is 2. The minimum atomic E-state index is -4.48. The third kappa shape index (κ3) is 9.94. The van der Waals surface area contributed by atoms with E-state index in [1.807, 2.05) is 97.9 Å². The number of azo groups is 4. The number of rotatable bonds is 11. The molecule has 298 valence electrons. The second kappa shape index (κ2) is 17.8. The minimum Gasteiger partial charge on any atom is -0.308 e. The Bertz CT molecular complexity index is 3120. The molecule has 0 fully saturated rings. The van der Waals surface area contributed by atoms with Gasteiger partial charge in [-0.25, -0.2) is 4.79 Å². The molecule has 0 heterocycles. The van der Waals surface area contributed by atoms with Crippen LogP contribution in [0.1, 0.15) is 5.56 Å². The van der Waals surface area contributed by atoms with Crippen LogP contribution in [0.4, 0.5) is 61.7 Å². The third-order valence-electron chi connectivity index (χ3n) is 9.25. The molecule has 0 aliphatic heterocycles. The van der Waals surface area contributed by atoms with Gasteiger partial charge in [0.1, 0.15) is 0 Å². The standard InChI is InChI=1S/C46H34N10O4S/c1-30-11-13-34(14-12-30)50-56-45-28-27-44(40-24-23-37(29-41(40)45)61(58,59)60)55-52-36-21-17-32(18-22-36)48-46(57)47-31-15-19-35(20-16-31)51-54-43-26-25-42(38-9-5-6-10-39(38)43)53-49-33-7-3-2-4-8-33/h2-29H,1H3,(H2,47,48,57)(H,58,59,60). The maximum atomic E-state index is 12.8. The predicted molar refractivity (Wildman–Crippen MR) is 238 cm³/mol. The molecule has 0 bridgehead atoms. The lowest BCUT2D eigenvalue weighted by Gasteiger charge is -2.08. The number of benzene rings is 8. The molecule has 0 unspecified atom stereocenters. The highest BCUT2D eigenvalue weighted by Gasteiger charge is 2.14. The Labute approximate surface area is 349 Å². The Kier molecular flexibility index (Phi) is 11.6. The molecular weight excluding hydrogens is 789 g/mol. The van der Waals surface area contributed by atoms with Crippen LogP contribution in [0.2, 0.25) is 0 Å². The van der Waals surface area contributed by atoms with E-state index in [9.17, 15) is 17.8 Å². The van der Waals surface area contributed by atoms with Crippen molar-refractivity contribution in [3.63, 3.8) is 0 Å². The Balaban J connectivity index is 0.901. The van der Waals surface area contributed by atoms with Crippen LogP contribution in [0.25, 0.3) is 21.5 Å². The molecule has 0 radical (unpaired) electrons. The van der Waals surface area contributed by atoms with Gasteiger partial charge in [-0.1, -0.05) is 66.2 Å². The summed E-state index contributed by atoms with van der Waals surface area (Å²) in [5, 5.41) is 43.5. The average Bonchev–Trinajstić information content (AvgIpc) is 3.28. The lowest BCUT2D eigenvalue weighted by atomic mass is 10.1. The van der Waals surface area contributed by atoms with Gasteiger partial charge in [-0.05, 0) is 116 Å². The second-order valence-electron chi connectivity index (χ2n) is 13.6. The summed E-state index contributed by atoms with van der Waals surface area (Å²) in [6, 6.07) is 49.3. The molecular formula is C46H34N10O4S. The van der Waals surface area contributed by atoms with Crippen molar-refractivity contribution in [3.05, 3.63) is 175 Å². The van der Waals surface area contributed by atoms with Gasteiger partial charge in [0.05, 0.1) is 50.4 Å². The number of nitrogens with zero attached hydrogens (tertiary/aromatic N) is 8. The van der Waals surface area contributed by atoms with E-state index < -0.39 is 16.1 Å². The number of urea groups is 1. The molecule has 0 saturated heterocycles. The van der Waals surface area contributed by atoms with E-state index in [0.29, 0.717) is 56.3 Å². The van der Waals surface area contributed by atoms with Gasteiger partial charge in [-0.2, -0.15) is 28.9 Å². The molecule has 0 aliphatic carbocycles. The van der Waals surface area contributed by atoms with E-state index in [1.54, 1.807) is 60.7 Å². The van der Waals surface area contributed by atoms with Crippen LogP contribution >= 0.6 is 0 Å². The Morgan fingerprint density at radius 2 is 0.803 bits per heavy atom. The van der Waals surface area contributed by atoms with E-state index in [4.69, 9.17) is 0 Å². The fourth-order valence-electron chi connectivity index (χ4n) is 6.14. The maximum absolute atomic E-state index is 12.8. The first kappa shape index (κ1) is 39.7. The quantitative estimate of drug-likeness (QED) is 0.0863. The van der Waals surface area contributed by atoms with Crippen molar-refractivity contribution in [2.75, 3.05) is 10.6 Å². The maximum Gasteiger partial charge on any atom is 0.323 e. The van der Waals surface area contributed by atoms with Crippen LogP contribution in [0.3, 0.4) is 0 Å². The molecule has 8 aromatic rings. The molecule has 0 aliphatic rings. The zero-order valence-electron chi connectivity index (χ0n) is 32.3. The van der Waals surface area contributed by atoms with Crippen molar-refractivity contribution in [1.82, 2.24) is 0 Å². The number of hydrogen-bond donors (Lipinski definition) is 3. The molecule has 3 N–H and O–H groups in total. The molecule has 0 aromatic heterocycles. The van der Waals surface area contributed by atoms with Gasteiger partial charge >= 0.3 is 6.03 Å². The van der Waals surface area contributed by atoms with Gasteiger partial charge in [0.25, 0.3) is 10.1 Å². The summed E-state index contributed by atoms with van der Waals surface area (Å²) in [6.45, 7) is 1.97. The molecule has 2 amide bonds. The third-order valence-corrected chi connectivity index (χ3v) is 10.1. The van der Waals surface area contributed by atoms with E-state index >= 15 is 0 Å². The number of nitrogens with one attached hydrogen (secondary N) is 2. The van der Waals surface area contributed by atoms with Crippen LogP contribution in [0.5, 0.6) is 0 Å². The summed E-state index contributed by atoms with van der Waals surface area (Å²) < 4.78 is 33.6. The predicted octanol–water partition coefficient (Wildman–Crippen LogP) is 14.9. The molecule has 0 atom stereocenters. The van der Waals surface area contributed by atoms with Crippen molar-refractivity contribution in [1.29, 1.82) is 0 Å². The molecule has 61 heavy (non-hydrogen) atoms. The van der Waals surface area contributed by atoms with Crippen LogP contribution in [-0.4, -0.2) is 19.0 Å². The molecule has 15 heteroatoms. The number of hydrogen-bond acceptors (Lipinski definition) is 11. The Morgan fingerprint density at radius 1 is 0.426 bits per heavy atom. The molecule has 0 saturated carbocycles. The van der Waals surface area contributed by atoms with E-state index in [-0.39, 0.29) is 4.90 Å². The largest absolute Gasteiger partial charge is 0.323 e. The summed E-state index contributed by atoms with van der Waals surface area (Å²) in [4.78, 5) is 12.6. The molecule has 14 nitrogen and oxygen atoms in total. The minimum absolute atomic E-state index is 0.289. The van der Waals surface area contributed by atoms with Crippen molar-refractivity contribution < 1.29 is 17.8 Å². The SMILES string of the molecule is Cc1ccc(N=Nc2ccc(N=Nc3ccc(NC(=O)Nc4ccc(N=Nc5ccc(N=Nc6ccccc6)c6ccccc56)cc4)cc3)c3ccc(S(=O)(=O)O)cc23)cc1. The second-order valence-corrected chi connectivity index (χ2v) is 15.0. The fourth-order valence-corrected chi connectivity index (χ4v) is 6.65. The van der Waals surface area contributed by atoms with E-state index in [0.717, 1.165) is 27.7 Å². The lowest BCUT2D eigenvalue weighted by Crippen LogP contribution is -2.19. The van der Waals surface area contributed by atoms with Crippen molar-refractivity contribution in [2.24, 2.45) is 40.9 Å². The zero-order chi connectivity index (χ0) is 42.2. The number of carbonyl (C=O) groups is 1. The molecule has 8 aromatic carbocycles. The first-order valence-corrected chi connectivity index (χ1v) is 20.2. The lowest BCUT2D eigenvalue weighted by molar-refractivity contribution is 0.262. The number of aryl methyl sites for hydroxylation is 1. The highest BCUT2D eigenvalue weighted by atomic mass is 32.2. The Morgan fingerprint density at radius 3 is 1.25 bits per heavy atom. The van der Waals surface area contributed by atoms with E-state index in [1.165, 1.54) is 18.2 Å². The molecule has 8 rings (SSSR count). The summed E-state index contributed by atoms with van der Waals surface area (Å²) in [5.41, 5.74) is 6.85. The van der Waals surface area contributed by atoms with Gasteiger partial charge in [-0.3, -0.25) is 4.55 Å². The number of amides is 2. The number of anilines is 2. The number of carbonyl (C=O) groups excluding carboxylic acids is 1. The summed E-state index contributed by atoms with van der Waals surface area (Å²) in [5.74, 6) is 0. The van der Waals surface area contributed by atoms with Crippen LogP contribution in [-0.2, 0) is 10.1 Å². The first-order valence-electron chi connectivity index (χ1n) is 18.8. The van der Waals surface area contributed by atoms with E-state index in [2.05, 4.69) is 51.5 Å². The summed E-state index contributed by atoms with van der Waals surface area (Å²) >= 11 is 0. The van der Waals surface area contributed by atoms with Crippen molar-refractivity contribution in [3.8, 4) is 0 Å². The van der Waals surface area contributed by atoms with Crippen LogP contribution < -0.4 is 10.6 Å². The first-order chi connectivity index (χ1) is 29.6. The van der Waals surface area contributed by atoms with Gasteiger partial charge in [-0.15, -0.1) is 20.5 Å². The van der Waals surface area contributed by atoms with Gasteiger partial charge < -0.3 is 10.6 Å². The van der Waals surface area contributed by atoms with Crippen molar-refractivity contribution >= 4 is 94.6 Å². The van der Waals surface area contributed by atoms with Gasteiger partial charge in [0, 0.05) is 32.9 Å². The smallest absolute Gasteiger partial charge is 0.308 e. The van der Waals surface area contributed by atoms with Crippen LogP contribution in [0.15, 0.2) is 216 Å². The molecule has 0 spiro atoms. The zero-order valence-corrected chi connectivity index (χ0v) is 33.1. The summed E-state index contributed by atoms with van der Waals surface area (Å²) in [6.07, 6.45) is 0. The topological polar surface area (TPSA) is 194 Å². The van der Waals surface area contributed by atoms with Gasteiger partial charge in [0.15, 0.2) is 0 Å². The Hall–Kier alpha value is -8.14. The van der Waals surface area contributed by atoms with Crippen LogP contribution in [0, 0.1) is 6.92 Å². The van der Waals surface area contributed by atoms with Crippen molar-refractivity contribution in [2.45, 2.75) is 11.8 Å². The normalized spacial score (nSPS) is 12.0. The summed E-state index contributed by atoms with van der Waals surface area (Å²) in [7, 11) is -4.48. The highest BCUT2D eigenvalue weighted by Crippen LogP contribution is 2.38. The monoisotopic (exact) mass is 822 g/mol. The van der Waals surface area contributed by atoms with Gasteiger partial charge in [0.2, 0.25) is 0 Å². The average molecular weight is 823 g/mol. The fraction of sp³-hybridized carbons (Fsp3) is 0.0217.